The Morgan fingerprint density at radius 1 is 1.03 bits per heavy atom. The Morgan fingerprint density at radius 3 is 2.15 bits per heavy atom. The van der Waals surface area contributed by atoms with Gasteiger partial charge in [-0.15, -0.1) is 0 Å². The Kier molecular flexibility index (Phi) is 11.5. The predicted molar refractivity (Wildman–Crippen MR) is 116 cm³/mol. The standard InChI is InChI=1S/C19H32N8O6/c1-10(21)16(29)25-12(4-2-3-5-20)17(30)26-13(6-11-8-23-9-24-11)18(31)27-14(19(32)33)7-15(22)28/h8-10,12-14H,2-7,20-21H2,1H3,(H2,22,28)(H,23,24)(H,25,29)(H,26,30)(H,27,31)(H,32,33). The second kappa shape index (κ2) is 13.8. The molecule has 0 spiro atoms. The molecule has 4 amide bonds. The van der Waals surface area contributed by atoms with Crippen molar-refractivity contribution >= 4 is 29.6 Å². The molecule has 14 nitrogen and oxygen atoms in total. The predicted octanol–water partition coefficient (Wildman–Crippen LogP) is -3.16. The third-order valence-electron chi connectivity index (χ3n) is 4.63. The van der Waals surface area contributed by atoms with Crippen LogP contribution in [0.15, 0.2) is 12.5 Å². The van der Waals surface area contributed by atoms with Gasteiger partial charge in [0.05, 0.1) is 18.8 Å². The molecule has 0 fully saturated rings. The van der Waals surface area contributed by atoms with Gasteiger partial charge in [-0.3, -0.25) is 19.2 Å². The van der Waals surface area contributed by atoms with Crippen molar-refractivity contribution < 1.29 is 29.1 Å². The minimum atomic E-state index is -1.57. The lowest BCUT2D eigenvalue weighted by Crippen LogP contribution is -2.57. The highest BCUT2D eigenvalue weighted by Crippen LogP contribution is 2.05. The van der Waals surface area contributed by atoms with E-state index >= 15 is 0 Å². The number of unbranched alkanes of at least 4 members (excludes halogenated alkanes) is 1. The second-order valence-corrected chi connectivity index (χ2v) is 7.55. The molecule has 1 heterocycles. The van der Waals surface area contributed by atoms with E-state index in [9.17, 15) is 29.1 Å². The first-order valence-corrected chi connectivity index (χ1v) is 10.4. The van der Waals surface area contributed by atoms with Gasteiger partial charge in [0.1, 0.15) is 18.1 Å². The van der Waals surface area contributed by atoms with Crippen molar-refractivity contribution in [3.8, 4) is 0 Å². The summed E-state index contributed by atoms with van der Waals surface area (Å²) < 4.78 is 0. The van der Waals surface area contributed by atoms with Crippen LogP contribution in [0, 0.1) is 0 Å². The summed E-state index contributed by atoms with van der Waals surface area (Å²) in [5.41, 5.74) is 16.6. The van der Waals surface area contributed by atoms with E-state index in [-0.39, 0.29) is 12.8 Å². The smallest absolute Gasteiger partial charge is 0.326 e. The molecular weight excluding hydrogens is 436 g/mol. The number of carbonyl (C=O) groups excluding carboxylic acids is 4. The van der Waals surface area contributed by atoms with E-state index < -0.39 is 60.2 Å². The number of amides is 4. The molecule has 0 saturated carbocycles. The van der Waals surface area contributed by atoms with Crippen LogP contribution >= 0.6 is 0 Å². The zero-order valence-corrected chi connectivity index (χ0v) is 18.4. The zero-order chi connectivity index (χ0) is 25.0. The molecule has 33 heavy (non-hydrogen) atoms. The summed E-state index contributed by atoms with van der Waals surface area (Å²) in [7, 11) is 0. The molecule has 0 saturated heterocycles. The fourth-order valence-electron chi connectivity index (χ4n) is 2.84. The van der Waals surface area contributed by atoms with Crippen LogP contribution in [0.4, 0.5) is 0 Å². The first-order valence-electron chi connectivity index (χ1n) is 10.4. The number of rotatable bonds is 15. The van der Waals surface area contributed by atoms with Gasteiger partial charge in [0.2, 0.25) is 23.6 Å². The van der Waals surface area contributed by atoms with E-state index in [1.807, 2.05) is 0 Å². The highest BCUT2D eigenvalue weighted by Gasteiger charge is 2.30. The molecule has 1 aromatic rings. The number of nitrogens with zero attached hydrogens (tertiary/aromatic N) is 1. The summed E-state index contributed by atoms with van der Waals surface area (Å²) in [6.45, 7) is 1.86. The fourth-order valence-corrected chi connectivity index (χ4v) is 2.84. The van der Waals surface area contributed by atoms with Crippen molar-refractivity contribution in [3.63, 3.8) is 0 Å². The molecule has 0 bridgehead atoms. The normalized spacial score (nSPS) is 14.4. The van der Waals surface area contributed by atoms with Crippen molar-refractivity contribution in [1.29, 1.82) is 0 Å². The molecule has 0 aliphatic rings. The van der Waals surface area contributed by atoms with Crippen LogP contribution in [0.3, 0.4) is 0 Å². The van der Waals surface area contributed by atoms with Gasteiger partial charge in [0.25, 0.3) is 0 Å². The molecule has 0 aliphatic carbocycles. The average molecular weight is 469 g/mol. The molecule has 0 aliphatic heterocycles. The zero-order valence-electron chi connectivity index (χ0n) is 18.4. The maximum atomic E-state index is 12.9. The molecule has 1 rings (SSSR count). The third kappa shape index (κ3) is 10.1. The van der Waals surface area contributed by atoms with Crippen LogP contribution in [0.25, 0.3) is 0 Å². The number of primary amides is 1. The quantitative estimate of drug-likeness (QED) is 0.121. The monoisotopic (exact) mass is 468 g/mol. The van der Waals surface area contributed by atoms with Crippen LogP contribution in [0.5, 0.6) is 0 Å². The number of carboxylic acids is 1. The van der Waals surface area contributed by atoms with Crippen molar-refractivity contribution in [3.05, 3.63) is 18.2 Å². The number of imidazole rings is 1. The molecule has 184 valence electrons. The van der Waals surface area contributed by atoms with Crippen molar-refractivity contribution in [2.24, 2.45) is 17.2 Å². The highest BCUT2D eigenvalue weighted by atomic mass is 16.4. The van der Waals surface area contributed by atoms with Crippen molar-refractivity contribution in [2.75, 3.05) is 6.54 Å². The van der Waals surface area contributed by atoms with Gasteiger partial charge in [0, 0.05) is 18.3 Å². The molecule has 4 unspecified atom stereocenters. The topological polar surface area (TPSA) is 248 Å². The van der Waals surface area contributed by atoms with Crippen LogP contribution in [0.2, 0.25) is 0 Å². The van der Waals surface area contributed by atoms with Gasteiger partial charge in [-0.1, -0.05) is 0 Å². The lowest BCUT2D eigenvalue weighted by atomic mass is 10.1. The summed E-state index contributed by atoms with van der Waals surface area (Å²) in [6.07, 6.45) is 3.52. The molecule has 0 radical (unpaired) electrons. The number of nitrogens with two attached hydrogens (primary N) is 3. The summed E-state index contributed by atoms with van der Waals surface area (Å²) in [6, 6.07) is -4.66. The highest BCUT2D eigenvalue weighted by molar-refractivity contribution is 5.94. The van der Waals surface area contributed by atoms with Gasteiger partial charge < -0.3 is 43.2 Å². The number of carboxylic acid groups (broad SMARTS) is 1. The number of hydrogen-bond donors (Lipinski definition) is 8. The number of aliphatic carboxylic acids is 1. The van der Waals surface area contributed by atoms with Gasteiger partial charge >= 0.3 is 5.97 Å². The fraction of sp³-hybridized carbons (Fsp3) is 0.579. The Balaban J connectivity index is 3.03. The third-order valence-corrected chi connectivity index (χ3v) is 4.63. The van der Waals surface area contributed by atoms with Gasteiger partial charge in [-0.2, -0.15) is 0 Å². The largest absolute Gasteiger partial charge is 0.480 e. The number of carbonyl (C=O) groups is 5. The maximum absolute atomic E-state index is 12.9. The van der Waals surface area contributed by atoms with Crippen molar-refractivity contribution in [1.82, 2.24) is 25.9 Å². The van der Waals surface area contributed by atoms with Crippen LogP contribution in [0.1, 0.15) is 38.3 Å². The van der Waals surface area contributed by atoms with Gasteiger partial charge in [-0.05, 0) is 32.7 Å². The van der Waals surface area contributed by atoms with Gasteiger partial charge in [-0.25, -0.2) is 9.78 Å². The number of aromatic nitrogens is 2. The molecule has 1 aromatic heterocycles. The second-order valence-electron chi connectivity index (χ2n) is 7.55. The van der Waals surface area contributed by atoms with Crippen molar-refractivity contribution in [2.45, 2.75) is 63.2 Å². The van der Waals surface area contributed by atoms with E-state index in [1.165, 1.54) is 19.4 Å². The van der Waals surface area contributed by atoms with E-state index in [4.69, 9.17) is 17.2 Å². The van der Waals surface area contributed by atoms with E-state index in [0.29, 0.717) is 25.1 Å². The Labute approximate surface area is 190 Å². The van der Waals surface area contributed by atoms with E-state index in [2.05, 4.69) is 25.9 Å². The number of hydrogen-bond acceptors (Lipinski definition) is 8. The molecular formula is C19H32N8O6. The maximum Gasteiger partial charge on any atom is 0.326 e. The Morgan fingerprint density at radius 2 is 1.64 bits per heavy atom. The first-order chi connectivity index (χ1) is 15.5. The minimum Gasteiger partial charge on any atom is -0.480 e. The van der Waals surface area contributed by atoms with Gasteiger partial charge in [0.15, 0.2) is 0 Å². The molecule has 11 N–H and O–H groups in total. The van der Waals surface area contributed by atoms with E-state index in [0.717, 1.165) is 0 Å². The van der Waals surface area contributed by atoms with Crippen LogP contribution < -0.4 is 33.2 Å². The Bertz CT molecular complexity index is 813. The van der Waals surface area contributed by atoms with Crippen LogP contribution in [-0.4, -0.2) is 75.4 Å². The molecule has 4 atom stereocenters. The summed E-state index contributed by atoms with van der Waals surface area (Å²) in [4.78, 5) is 67.0. The number of aromatic amines is 1. The number of H-pyrrole nitrogens is 1. The SMILES string of the molecule is CC(N)C(=O)NC(CCCCN)C(=O)NC(Cc1cnc[nH]1)C(=O)NC(CC(N)=O)C(=O)O. The summed E-state index contributed by atoms with van der Waals surface area (Å²) >= 11 is 0. The lowest BCUT2D eigenvalue weighted by molar-refractivity contribution is -0.143. The van der Waals surface area contributed by atoms with E-state index in [1.54, 1.807) is 0 Å². The summed E-state index contributed by atoms with van der Waals surface area (Å²) in [5.74, 6) is -4.45. The van der Waals surface area contributed by atoms with Crippen LogP contribution in [-0.2, 0) is 30.4 Å². The Hall–Kier alpha value is -3.52. The lowest BCUT2D eigenvalue weighted by Gasteiger charge is -2.24. The minimum absolute atomic E-state index is 0.0583. The first kappa shape index (κ1) is 27.5. The number of nitrogens with one attached hydrogen (secondary N) is 4. The summed E-state index contributed by atoms with van der Waals surface area (Å²) in [5, 5.41) is 16.5. The molecule has 0 aromatic carbocycles. The average Bonchev–Trinajstić information content (AvgIpc) is 3.24. The molecule has 14 heteroatoms.